The van der Waals surface area contributed by atoms with Gasteiger partial charge >= 0.3 is 0 Å². The minimum atomic E-state index is 1.11. The van der Waals surface area contributed by atoms with Crippen LogP contribution >= 0.6 is 0 Å². The molecule has 162 valence electrons. The van der Waals surface area contributed by atoms with E-state index in [0.29, 0.717) is 0 Å². The van der Waals surface area contributed by atoms with Crippen LogP contribution in [0.1, 0.15) is 82.6 Å². The molecule has 0 aliphatic rings. The highest BCUT2D eigenvalue weighted by molar-refractivity contribution is 6.08. The molecule has 0 saturated heterocycles. The Kier molecular flexibility index (Phi) is 15.6. The number of hydrogen-bond acceptors (Lipinski definition) is 1. The molecule has 0 bridgehead atoms. The van der Waals surface area contributed by atoms with Gasteiger partial charge in [0.05, 0.1) is 20.6 Å². The van der Waals surface area contributed by atoms with E-state index in [1.165, 1.54) is 119 Å². The molecular formula is C25H49N2Si+. The molecule has 1 N–H and O–H groups in total. The van der Waals surface area contributed by atoms with Gasteiger partial charge in [-0.15, -0.1) is 0 Å². The zero-order valence-corrected chi connectivity index (χ0v) is 21.4. The zero-order chi connectivity index (χ0) is 20.3. The molecule has 0 amide bonds. The average Bonchev–Trinajstić information content (AvgIpc) is 2.68. The number of hydrogen-bond donors (Lipinski definition) is 1. The van der Waals surface area contributed by atoms with E-state index in [1.54, 1.807) is 0 Å². The second kappa shape index (κ2) is 17.2. The maximum atomic E-state index is 3.56. The van der Waals surface area contributed by atoms with Gasteiger partial charge in [0, 0.05) is 15.8 Å². The molecule has 1 aromatic carbocycles. The highest BCUT2D eigenvalue weighted by atomic mass is 28.1. The fourth-order valence-electron chi connectivity index (χ4n) is 3.96. The van der Waals surface area contributed by atoms with Crippen molar-refractivity contribution < 1.29 is 4.48 Å². The molecular weight excluding hydrogens is 356 g/mol. The van der Waals surface area contributed by atoms with E-state index in [9.17, 15) is 0 Å². The SMILES string of the molecule is C[N+](C)(CCCCCCCCCCCCCNCCC[SiH3])Cc1ccccc1. The highest BCUT2D eigenvalue weighted by Crippen LogP contribution is 2.14. The van der Waals surface area contributed by atoms with Gasteiger partial charge in [-0.1, -0.05) is 87.7 Å². The van der Waals surface area contributed by atoms with Crippen molar-refractivity contribution in [2.24, 2.45) is 0 Å². The molecule has 0 fully saturated rings. The summed E-state index contributed by atoms with van der Waals surface area (Å²) in [5.74, 6) is 0. The monoisotopic (exact) mass is 405 g/mol. The molecule has 0 heterocycles. The molecule has 0 saturated carbocycles. The molecule has 0 aliphatic heterocycles. The first kappa shape index (κ1) is 25.4. The summed E-state index contributed by atoms with van der Waals surface area (Å²) >= 11 is 0. The van der Waals surface area contributed by atoms with Gasteiger partial charge in [-0.2, -0.15) is 0 Å². The standard InChI is InChI=1S/C25H49N2Si/c1-27(2,24-25-18-13-12-14-19-25)22-16-11-9-7-5-3-4-6-8-10-15-20-26-21-17-23-28/h12-14,18-19,26H,3-11,15-17,20-24H2,1-2,28H3/q+1. The Hall–Kier alpha value is -0.643. The molecule has 0 unspecified atom stereocenters. The summed E-state index contributed by atoms with van der Waals surface area (Å²) in [6, 6.07) is 12.4. The van der Waals surface area contributed by atoms with E-state index in [2.05, 4.69) is 49.7 Å². The van der Waals surface area contributed by atoms with Crippen LogP contribution < -0.4 is 5.32 Å². The fourth-order valence-corrected chi connectivity index (χ4v) is 4.32. The summed E-state index contributed by atoms with van der Waals surface area (Å²) in [7, 11) is 6.10. The first-order valence-electron chi connectivity index (χ1n) is 12.2. The molecule has 0 radical (unpaired) electrons. The Morgan fingerprint density at radius 3 is 1.75 bits per heavy atom. The summed E-state index contributed by atoms with van der Waals surface area (Å²) in [5, 5.41) is 3.56. The molecule has 0 aliphatic carbocycles. The zero-order valence-electron chi connectivity index (χ0n) is 19.4. The summed E-state index contributed by atoms with van der Waals surface area (Å²) in [5.41, 5.74) is 1.46. The maximum Gasteiger partial charge on any atom is 0.104 e. The van der Waals surface area contributed by atoms with Gasteiger partial charge in [0.1, 0.15) is 6.54 Å². The molecule has 0 spiro atoms. The number of nitrogens with one attached hydrogen (secondary N) is 1. The van der Waals surface area contributed by atoms with Gasteiger partial charge in [-0.05, 0) is 38.8 Å². The average molecular weight is 406 g/mol. The van der Waals surface area contributed by atoms with Crippen molar-refractivity contribution in [3.63, 3.8) is 0 Å². The van der Waals surface area contributed by atoms with Crippen molar-refractivity contribution in [1.82, 2.24) is 5.32 Å². The minimum absolute atomic E-state index is 1.11. The summed E-state index contributed by atoms with van der Waals surface area (Å²) in [6.07, 6.45) is 17.1. The van der Waals surface area contributed by atoms with E-state index < -0.39 is 0 Å². The Morgan fingerprint density at radius 1 is 0.679 bits per heavy atom. The van der Waals surface area contributed by atoms with Gasteiger partial charge < -0.3 is 9.80 Å². The van der Waals surface area contributed by atoms with Crippen molar-refractivity contribution in [3.05, 3.63) is 35.9 Å². The molecule has 1 rings (SSSR count). The van der Waals surface area contributed by atoms with Gasteiger partial charge in [0.25, 0.3) is 0 Å². The van der Waals surface area contributed by atoms with Crippen LogP contribution in [0.15, 0.2) is 30.3 Å². The number of nitrogens with zero attached hydrogens (tertiary/aromatic N) is 1. The number of quaternary nitrogens is 1. The van der Waals surface area contributed by atoms with Crippen molar-refractivity contribution >= 4 is 10.2 Å². The Morgan fingerprint density at radius 2 is 1.18 bits per heavy atom. The molecule has 1 aromatic rings. The topological polar surface area (TPSA) is 12.0 Å². The van der Waals surface area contributed by atoms with Crippen molar-refractivity contribution in [3.8, 4) is 0 Å². The summed E-state index contributed by atoms with van der Waals surface area (Å²) in [4.78, 5) is 0. The normalized spacial score (nSPS) is 11.9. The second-order valence-electron chi connectivity index (χ2n) is 9.30. The van der Waals surface area contributed by atoms with Crippen LogP contribution in [0, 0.1) is 0 Å². The number of rotatable bonds is 19. The third kappa shape index (κ3) is 15.3. The van der Waals surface area contributed by atoms with Gasteiger partial charge in [0.2, 0.25) is 0 Å². The number of unbranched alkanes of at least 4 members (excludes halogenated alkanes) is 10. The van der Waals surface area contributed by atoms with E-state index in [-0.39, 0.29) is 0 Å². The van der Waals surface area contributed by atoms with Crippen LogP contribution in [0.3, 0.4) is 0 Å². The van der Waals surface area contributed by atoms with Crippen LogP contribution in [0.25, 0.3) is 0 Å². The van der Waals surface area contributed by atoms with Gasteiger partial charge in [-0.3, -0.25) is 0 Å². The fraction of sp³-hybridized carbons (Fsp3) is 0.760. The summed E-state index contributed by atoms with van der Waals surface area (Å²) in [6.45, 7) is 4.93. The third-order valence-electron chi connectivity index (χ3n) is 5.78. The van der Waals surface area contributed by atoms with Crippen LogP contribution in [0.5, 0.6) is 0 Å². The molecule has 2 nitrogen and oxygen atoms in total. The lowest BCUT2D eigenvalue weighted by molar-refractivity contribution is -0.903. The van der Waals surface area contributed by atoms with Crippen molar-refractivity contribution in [2.45, 2.75) is 89.6 Å². The summed E-state index contributed by atoms with van der Waals surface area (Å²) < 4.78 is 1.11. The lowest BCUT2D eigenvalue weighted by atomic mass is 10.1. The lowest BCUT2D eigenvalue weighted by Crippen LogP contribution is -2.39. The predicted octanol–water partition coefficient (Wildman–Crippen LogP) is 5.32. The van der Waals surface area contributed by atoms with Gasteiger partial charge in [0.15, 0.2) is 0 Å². The molecule has 0 aromatic heterocycles. The maximum absolute atomic E-state index is 3.56. The van der Waals surface area contributed by atoms with E-state index in [1.807, 2.05) is 0 Å². The van der Waals surface area contributed by atoms with Crippen molar-refractivity contribution in [1.29, 1.82) is 0 Å². The first-order valence-corrected chi connectivity index (χ1v) is 13.6. The Balaban J connectivity index is 1.83. The Bertz CT molecular complexity index is 447. The number of benzene rings is 1. The molecule has 28 heavy (non-hydrogen) atoms. The van der Waals surface area contributed by atoms with E-state index in [4.69, 9.17) is 0 Å². The highest BCUT2D eigenvalue weighted by Gasteiger charge is 2.14. The van der Waals surface area contributed by atoms with Crippen LogP contribution in [0.2, 0.25) is 6.04 Å². The largest absolute Gasteiger partial charge is 0.325 e. The van der Waals surface area contributed by atoms with E-state index >= 15 is 0 Å². The van der Waals surface area contributed by atoms with Crippen molar-refractivity contribution in [2.75, 3.05) is 33.7 Å². The van der Waals surface area contributed by atoms with Crippen LogP contribution in [0.4, 0.5) is 0 Å². The smallest absolute Gasteiger partial charge is 0.104 e. The molecule has 0 atom stereocenters. The quantitative estimate of drug-likeness (QED) is 0.187. The third-order valence-corrected chi connectivity index (χ3v) is 6.48. The Labute approximate surface area is 179 Å². The second-order valence-corrected chi connectivity index (χ2v) is 10.3. The van der Waals surface area contributed by atoms with E-state index in [0.717, 1.165) is 11.0 Å². The lowest BCUT2D eigenvalue weighted by Gasteiger charge is -2.30. The van der Waals surface area contributed by atoms with Crippen LogP contribution in [-0.4, -0.2) is 48.5 Å². The van der Waals surface area contributed by atoms with Crippen LogP contribution in [-0.2, 0) is 6.54 Å². The predicted molar refractivity (Wildman–Crippen MR) is 130 cm³/mol. The van der Waals surface area contributed by atoms with Gasteiger partial charge in [-0.25, -0.2) is 0 Å². The molecule has 3 heteroatoms. The minimum Gasteiger partial charge on any atom is -0.325 e. The first-order chi connectivity index (χ1) is 13.6.